The number of para-hydroxylation sites is 1. The maximum atomic E-state index is 12.4. The smallest absolute Gasteiger partial charge is 0.341 e. The van der Waals surface area contributed by atoms with Crippen LogP contribution in [0, 0.1) is 0 Å². The molecule has 1 aliphatic carbocycles. The Morgan fingerprint density at radius 1 is 1.40 bits per heavy atom. The monoisotopic (exact) mass is 269 g/mol. The van der Waals surface area contributed by atoms with Crippen molar-refractivity contribution >= 4 is 16.9 Å². The SMILES string of the molecule is C=CCc1c(C(=O)O)c(=O)c2ccccc2n1C1CC1. The minimum absolute atomic E-state index is 0.115. The van der Waals surface area contributed by atoms with Crippen LogP contribution in [-0.2, 0) is 6.42 Å². The van der Waals surface area contributed by atoms with Gasteiger partial charge in [-0.25, -0.2) is 4.79 Å². The van der Waals surface area contributed by atoms with Crippen molar-refractivity contribution in [1.82, 2.24) is 4.57 Å². The quantitative estimate of drug-likeness (QED) is 0.868. The van der Waals surface area contributed by atoms with E-state index in [0.717, 1.165) is 18.4 Å². The molecule has 0 saturated heterocycles. The highest BCUT2D eigenvalue weighted by atomic mass is 16.4. The third kappa shape index (κ3) is 1.84. The number of benzene rings is 1. The number of aromatic carboxylic acids is 1. The normalized spacial score (nSPS) is 14.4. The molecule has 102 valence electrons. The number of pyridine rings is 1. The fraction of sp³-hybridized carbons (Fsp3) is 0.250. The van der Waals surface area contributed by atoms with Crippen LogP contribution in [0.1, 0.15) is 34.9 Å². The first kappa shape index (κ1) is 12.7. The summed E-state index contributed by atoms with van der Waals surface area (Å²) in [6.07, 6.45) is 4.08. The van der Waals surface area contributed by atoms with Crippen LogP contribution in [-0.4, -0.2) is 15.6 Å². The summed E-state index contributed by atoms with van der Waals surface area (Å²) < 4.78 is 2.02. The maximum absolute atomic E-state index is 12.4. The van der Waals surface area contributed by atoms with Gasteiger partial charge in [0.2, 0.25) is 5.43 Å². The molecule has 1 aromatic heterocycles. The molecule has 1 heterocycles. The lowest BCUT2D eigenvalue weighted by Crippen LogP contribution is -2.23. The van der Waals surface area contributed by atoms with Gasteiger partial charge in [-0.3, -0.25) is 4.79 Å². The van der Waals surface area contributed by atoms with Crippen molar-refractivity contribution in [1.29, 1.82) is 0 Å². The highest BCUT2D eigenvalue weighted by Crippen LogP contribution is 2.38. The Balaban J connectivity index is 2.49. The molecular formula is C16H15NO3. The zero-order valence-electron chi connectivity index (χ0n) is 11.0. The van der Waals surface area contributed by atoms with Crippen molar-refractivity contribution in [3.8, 4) is 0 Å². The lowest BCUT2D eigenvalue weighted by molar-refractivity contribution is 0.0693. The van der Waals surface area contributed by atoms with Crippen molar-refractivity contribution in [2.24, 2.45) is 0 Å². The molecule has 0 spiro atoms. The number of hydrogen-bond donors (Lipinski definition) is 1. The lowest BCUT2D eigenvalue weighted by Gasteiger charge is -2.17. The summed E-state index contributed by atoms with van der Waals surface area (Å²) in [6.45, 7) is 3.68. The Kier molecular flexibility index (Phi) is 2.93. The molecule has 0 radical (unpaired) electrons. The van der Waals surface area contributed by atoms with Gasteiger partial charge in [0.05, 0.1) is 5.52 Å². The standard InChI is InChI=1S/C16H15NO3/c1-2-5-13-14(16(19)20)15(18)11-6-3-4-7-12(11)17(13)10-8-9-10/h2-4,6-7,10H,1,5,8-9H2,(H,19,20). The van der Waals surface area contributed by atoms with E-state index in [0.29, 0.717) is 23.5 Å². The van der Waals surface area contributed by atoms with Crippen LogP contribution in [0.5, 0.6) is 0 Å². The van der Waals surface area contributed by atoms with E-state index in [4.69, 9.17) is 0 Å². The van der Waals surface area contributed by atoms with E-state index in [1.165, 1.54) is 0 Å². The Hall–Kier alpha value is -2.36. The van der Waals surface area contributed by atoms with Gasteiger partial charge in [-0.1, -0.05) is 18.2 Å². The van der Waals surface area contributed by atoms with Gasteiger partial charge in [0.1, 0.15) is 5.56 Å². The number of allylic oxidation sites excluding steroid dienone is 1. The molecule has 1 N–H and O–H groups in total. The Morgan fingerprint density at radius 3 is 2.70 bits per heavy atom. The molecule has 4 nitrogen and oxygen atoms in total. The summed E-state index contributed by atoms with van der Waals surface area (Å²) in [5.74, 6) is -1.16. The molecule has 0 unspecified atom stereocenters. The predicted molar refractivity (Wildman–Crippen MR) is 77.3 cm³/mol. The molecule has 1 fully saturated rings. The van der Waals surface area contributed by atoms with Gasteiger partial charge in [-0.05, 0) is 25.0 Å². The van der Waals surface area contributed by atoms with Crippen LogP contribution < -0.4 is 5.43 Å². The fourth-order valence-corrected chi connectivity index (χ4v) is 2.71. The molecule has 0 atom stereocenters. The molecule has 1 aliphatic rings. The first-order valence-corrected chi connectivity index (χ1v) is 6.65. The number of carboxylic acid groups (broad SMARTS) is 1. The lowest BCUT2D eigenvalue weighted by atomic mass is 10.0. The van der Waals surface area contributed by atoms with E-state index in [1.807, 2.05) is 16.7 Å². The van der Waals surface area contributed by atoms with Gasteiger partial charge >= 0.3 is 5.97 Å². The number of rotatable bonds is 4. The molecule has 0 amide bonds. The van der Waals surface area contributed by atoms with Gasteiger partial charge in [0.25, 0.3) is 0 Å². The Bertz CT molecular complexity index is 769. The van der Waals surface area contributed by atoms with Crippen molar-refractivity contribution in [3.63, 3.8) is 0 Å². The number of carbonyl (C=O) groups is 1. The Labute approximate surface area is 116 Å². The first-order valence-electron chi connectivity index (χ1n) is 6.65. The zero-order chi connectivity index (χ0) is 14.3. The van der Waals surface area contributed by atoms with Crippen LogP contribution in [0.3, 0.4) is 0 Å². The average molecular weight is 269 g/mol. The second-order valence-electron chi connectivity index (χ2n) is 5.07. The highest BCUT2D eigenvalue weighted by molar-refractivity contribution is 5.94. The number of fused-ring (bicyclic) bond motifs is 1. The molecule has 3 rings (SSSR count). The maximum Gasteiger partial charge on any atom is 0.341 e. The number of aromatic nitrogens is 1. The van der Waals surface area contributed by atoms with Crippen LogP contribution in [0.15, 0.2) is 41.7 Å². The topological polar surface area (TPSA) is 59.3 Å². The summed E-state index contributed by atoms with van der Waals surface area (Å²) in [6, 6.07) is 7.51. The number of carboxylic acids is 1. The van der Waals surface area contributed by atoms with Gasteiger partial charge in [-0.2, -0.15) is 0 Å². The molecule has 1 saturated carbocycles. The van der Waals surface area contributed by atoms with E-state index < -0.39 is 11.4 Å². The number of hydrogen-bond acceptors (Lipinski definition) is 2. The van der Waals surface area contributed by atoms with Crippen molar-refractivity contribution in [3.05, 3.63) is 58.4 Å². The van der Waals surface area contributed by atoms with E-state index in [2.05, 4.69) is 6.58 Å². The van der Waals surface area contributed by atoms with Crippen molar-refractivity contribution in [2.75, 3.05) is 0 Å². The first-order chi connectivity index (χ1) is 9.65. The van der Waals surface area contributed by atoms with E-state index in [1.54, 1.807) is 18.2 Å². The molecule has 4 heteroatoms. The molecule has 0 aliphatic heterocycles. The predicted octanol–water partition coefficient (Wildman–Crippen LogP) is 2.76. The van der Waals surface area contributed by atoms with Crippen LogP contribution in [0.2, 0.25) is 0 Å². The van der Waals surface area contributed by atoms with Gasteiger partial charge in [-0.15, -0.1) is 6.58 Å². The largest absolute Gasteiger partial charge is 0.477 e. The fourth-order valence-electron chi connectivity index (χ4n) is 2.71. The minimum atomic E-state index is -1.16. The van der Waals surface area contributed by atoms with Crippen molar-refractivity contribution < 1.29 is 9.90 Å². The molecule has 2 aromatic rings. The van der Waals surface area contributed by atoms with E-state index in [9.17, 15) is 14.7 Å². The second-order valence-corrected chi connectivity index (χ2v) is 5.07. The third-order valence-electron chi connectivity index (χ3n) is 3.68. The van der Waals surface area contributed by atoms with Gasteiger partial charge in [0.15, 0.2) is 0 Å². The van der Waals surface area contributed by atoms with E-state index >= 15 is 0 Å². The zero-order valence-corrected chi connectivity index (χ0v) is 11.0. The summed E-state index contributed by atoms with van der Waals surface area (Å²) in [5, 5.41) is 9.89. The summed E-state index contributed by atoms with van der Waals surface area (Å²) in [7, 11) is 0. The minimum Gasteiger partial charge on any atom is -0.477 e. The van der Waals surface area contributed by atoms with Gasteiger partial charge in [0, 0.05) is 23.5 Å². The molecular weight excluding hydrogens is 254 g/mol. The van der Waals surface area contributed by atoms with Crippen molar-refractivity contribution in [2.45, 2.75) is 25.3 Å². The van der Waals surface area contributed by atoms with Gasteiger partial charge < -0.3 is 9.67 Å². The highest BCUT2D eigenvalue weighted by Gasteiger charge is 2.30. The summed E-state index contributed by atoms with van der Waals surface area (Å²) in [5.41, 5.74) is 0.873. The average Bonchev–Trinajstić information content (AvgIpc) is 3.23. The third-order valence-corrected chi connectivity index (χ3v) is 3.68. The van der Waals surface area contributed by atoms with Crippen LogP contribution in [0.4, 0.5) is 0 Å². The summed E-state index contributed by atoms with van der Waals surface area (Å²) >= 11 is 0. The Morgan fingerprint density at radius 2 is 2.10 bits per heavy atom. The number of nitrogens with zero attached hydrogens (tertiary/aromatic N) is 1. The molecule has 1 aromatic carbocycles. The second kappa shape index (κ2) is 4.63. The molecule has 20 heavy (non-hydrogen) atoms. The van der Waals surface area contributed by atoms with E-state index in [-0.39, 0.29) is 5.56 Å². The molecule has 0 bridgehead atoms. The van der Waals surface area contributed by atoms with Crippen LogP contribution in [0.25, 0.3) is 10.9 Å². The summed E-state index contributed by atoms with van der Waals surface area (Å²) in [4.78, 5) is 23.9. The van der Waals surface area contributed by atoms with Crippen LogP contribution >= 0.6 is 0 Å².